The Bertz CT molecular complexity index is 395. The molecule has 35 heavy (non-hydrogen) atoms. The van der Waals surface area contributed by atoms with E-state index in [0.717, 1.165) is 6.42 Å². The van der Waals surface area contributed by atoms with Crippen molar-refractivity contribution in [2.75, 3.05) is 0 Å². The minimum Gasteiger partial charge on any atom is -0.370 e. The van der Waals surface area contributed by atoms with Crippen LogP contribution in [0.25, 0.3) is 0 Å². The van der Waals surface area contributed by atoms with Crippen molar-refractivity contribution in [2.24, 2.45) is 5.73 Å². The molecule has 0 saturated heterocycles. The van der Waals surface area contributed by atoms with E-state index in [-0.39, 0.29) is 5.91 Å². The Morgan fingerprint density at radius 3 is 0.686 bits per heavy atom. The molecule has 0 aliphatic rings. The van der Waals surface area contributed by atoms with Gasteiger partial charge < -0.3 is 5.73 Å². The molecule has 0 aromatic rings. The van der Waals surface area contributed by atoms with Crippen molar-refractivity contribution >= 4 is 5.91 Å². The molecule has 0 saturated carbocycles. The molecular weight excluding hydrogens is 426 g/mol. The van der Waals surface area contributed by atoms with Gasteiger partial charge in [0, 0.05) is 6.42 Å². The zero-order valence-electron chi connectivity index (χ0n) is 24.4. The summed E-state index contributed by atoms with van der Waals surface area (Å²) >= 11 is 0. The summed E-state index contributed by atoms with van der Waals surface area (Å²) in [7, 11) is 0. The minimum absolute atomic E-state index is 0.148. The highest BCUT2D eigenvalue weighted by Gasteiger charge is 1.97. The van der Waals surface area contributed by atoms with Crippen molar-refractivity contribution in [3.8, 4) is 0 Å². The number of hydrogen-bond donors (Lipinski definition) is 1. The van der Waals surface area contributed by atoms with E-state index in [1.54, 1.807) is 0 Å². The van der Waals surface area contributed by atoms with Crippen LogP contribution in [0.15, 0.2) is 0 Å². The lowest BCUT2D eigenvalue weighted by Gasteiger charge is -2.04. The molecule has 0 rings (SSSR count). The highest BCUT2D eigenvalue weighted by Crippen LogP contribution is 2.16. The largest absolute Gasteiger partial charge is 0.370 e. The summed E-state index contributed by atoms with van der Waals surface area (Å²) in [6.07, 6.45) is 43.2. The monoisotopic (exact) mass is 494 g/mol. The third kappa shape index (κ3) is 33.5. The van der Waals surface area contributed by atoms with Gasteiger partial charge in [-0.25, -0.2) is 0 Å². The Morgan fingerprint density at radius 2 is 0.514 bits per heavy atom. The Balaban J connectivity index is 3.01. The zero-order valence-corrected chi connectivity index (χ0v) is 24.4. The summed E-state index contributed by atoms with van der Waals surface area (Å²) in [5, 5.41) is 0. The van der Waals surface area contributed by atoms with E-state index in [4.69, 9.17) is 5.73 Å². The highest BCUT2D eigenvalue weighted by molar-refractivity contribution is 5.73. The van der Waals surface area contributed by atoms with Crippen molar-refractivity contribution in [1.29, 1.82) is 0 Å². The fourth-order valence-electron chi connectivity index (χ4n) is 5.32. The van der Waals surface area contributed by atoms with Crippen LogP contribution in [0.5, 0.6) is 0 Å². The van der Waals surface area contributed by atoms with Crippen LogP contribution < -0.4 is 5.73 Å². The van der Waals surface area contributed by atoms with Gasteiger partial charge in [-0.05, 0) is 6.42 Å². The number of amides is 1. The van der Waals surface area contributed by atoms with E-state index in [9.17, 15) is 4.79 Å². The van der Waals surface area contributed by atoms with Crippen LogP contribution in [0.1, 0.15) is 206 Å². The van der Waals surface area contributed by atoms with Crippen LogP contribution >= 0.6 is 0 Å². The molecule has 1 amide bonds. The molecule has 2 heteroatoms. The second kappa shape index (κ2) is 31.5. The molecule has 0 aromatic carbocycles. The molecule has 210 valence electrons. The molecule has 0 unspecified atom stereocenters. The number of unbranched alkanes of at least 4 members (excludes halogenated alkanes) is 29. The Labute approximate surface area is 222 Å². The molecule has 0 aliphatic carbocycles. The third-order valence-electron chi connectivity index (χ3n) is 7.78. The van der Waals surface area contributed by atoms with E-state index in [1.807, 2.05) is 0 Å². The van der Waals surface area contributed by atoms with Crippen LogP contribution in [-0.4, -0.2) is 5.91 Å². The molecule has 0 heterocycles. The zero-order chi connectivity index (χ0) is 25.5. The van der Waals surface area contributed by atoms with Crippen molar-refractivity contribution in [2.45, 2.75) is 206 Å². The molecule has 0 atom stereocenters. The summed E-state index contributed by atoms with van der Waals surface area (Å²) in [6, 6.07) is 0. The second-order valence-electron chi connectivity index (χ2n) is 11.5. The van der Waals surface area contributed by atoms with E-state index >= 15 is 0 Å². The van der Waals surface area contributed by atoms with E-state index < -0.39 is 0 Å². The van der Waals surface area contributed by atoms with Gasteiger partial charge in [0.15, 0.2) is 0 Å². The van der Waals surface area contributed by atoms with Gasteiger partial charge in [-0.1, -0.05) is 193 Å². The average molecular weight is 494 g/mol. The van der Waals surface area contributed by atoms with Gasteiger partial charge in [-0.15, -0.1) is 0 Å². The first-order chi connectivity index (χ1) is 17.3. The molecule has 2 nitrogen and oxygen atoms in total. The topological polar surface area (TPSA) is 43.1 Å². The summed E-state index contributed by atoms with van der Waals surface area (Å²) in [6.45, 7) is 2.30. The maximum atomic E-state index is 10.7. The van der Waals surface area contributed by atoms with Crippen LogP contribution in [0, 0.1) is 0 Å². The minimum atomic E-state index is -0.148. The summed E-state index contributed by atoms with van der Waals surface area (Å²) in [4.78, 5) is 10.7. The first-order valence-corrected chi connectivity index (χ1v) is 16.6. The fourth-order valence-corrected chi connectivity index (χ4v) is 5.32. The molecular formula is C33H67NO. The molecule has 0 bridgehead atoms. The van der Waals surface area contributed by atoms with E-state index in [1.165, 1.54) is 186 Å². The van der Waals surface area contributed by atoms with Crippen LogP contribution in [0.3, 0.4) is 0 Å². The van der Waals surface area contributed by atoms with Gasteiger partial charge >= 0.3 is 0 Å². The third-order valence-corrected chi connectivity index (χ3v) is 7.78. The van der Waals surface area contributed by atoms with E-state index in [0.29, 0.717) is 6.42 Å². The lowest BCUT2D eigenvalue weighted by Crippen LogP contribution is -2.09. The molecule has 0 aromatic heterocycles. The van der Waals surface area contributed by atoms with Crippen molar-refractivity contribution in [1.82, 2.24) is 0 Å². The Kier molecular flexibility index (Phi) is 31.0. The van der Waals surface area contributed by atoms with Gasteiger partial charge in [0.1, 0.15) is 0 Å². The number of primary amides is 1. The lowest BCUT2D eigenvalue weighted by molar-refractivity contribution is -0.118. The lowest BCUT2D eigenvalue weighted by atomic mass is 10.0. The first-order valence-electron chi connectivity index (χ1n) is 16.6. The maximum absolute atomic E-state index is 10.7. The molecule has 0 fully saturated rings. The van der Waals surface area contributed by atoms with Crippen molar-refractivity contribution < 1.29 is 4.79 Å². The Hall–Kier alpha value is -0.530. The molecule has 0 radical (unpaired) electrons. The number of hydrogen-bond acceptors (Lipinski definition) is 1. The normalized spacial score (nSPS) is 11.3. The summed E-state index contributed by atoms with van der Waals surface area (Å²) in [5.74, 6) is -0.148. The maximum Gasteiger partial charge on any atom is 0.217 e. The molecule has 0 spiro atoms. The predicted octanol–water partition coefficient (Wildman–Crippen LogP) is 11.6. The smallest absolute Gasteiger partial charge is 0.217 e. The second-order valence-corrected chi connectivity index (χ2v) is 11.5. The number of nitrogens with two attached hydrogens (primary N) is 1. The van der Waals surface area contributed by atoms with Gasteiger partial charge in [-0.2, -0.15) is 0 Å². The highest BCUT2D eigenvalue weighted by atomic mass is 16.1. The molecule has 2 N–H and O–H groups in total. The van der Waals surface area contributed by atoms with Gasteiger partial charge in [0.05, 0.1) is 0 Å². The summed E-state index contributed by atoms with van der Waals surface area (Å²) in [5.41, 5.74) is 5.16. The van der Waals surface area contributed by atoms with Crippen LogP contribution in [0.2, 0.25) is 0 Å². The van der Waals surface area contributed by atoms with Gasteiger partial charge in [0.2, 0.25) is 5.91 Å². The van der Waals surface area contributed by atoms with Crippen LogP contribution in [0.4, 0.5) is 0 Å². The van der Waals surface area contributed by atoms with E-state index in [2.05, 4.69) is 6.92 Å². The number of rotatable bonds is 31. The van der Waals surface area contributed by atoms with Crippen molar-refractivity contribution in [3.63, 3.8) is 0 Å². The fraction of sp³-hybridized carbons (Fsp3) is 0.970. The number of carbonyl (C=O) groups is 1. The quantitative estimate of drug-likeness (QED) is 0.0958. The SMILES string of the molecule is CCCCCCCCCCCCCCCCCCCCCCCCCCCCCCCCC(N)=O. The Morgan fingerprint density at radius 1 is 0.343 bits per heavy atom. The molecule has 0 aliphatic heterocycles. The number of carbonyl (C=O) groups excluding carboxylic acids is 1. The van der Waals surface area contributed by atoms with Gasteiger partial charge in [0.25, 0.3) is 0 Å². The van der Waals surface area contributed by atoms with Crippen molar-refractivity contribution in [3.05, 3.63) is 0 Å². The predicted molar refractivity (Wildman–Crippen MR) is 158 cm³/mol. The van der Waals surface area contributed by atoms with Crippen LogP contribution in [-0.2, 0) is 4.79 Å². The standard InChI is InChI=1S/C33H67NO/c1-2-3-4-5-6-7-8-9-10-11-12-13-14-15-16-17-18-19-20-21-22-23-24-25-26-27-28-29-30-31-32-33(34)35/h2-32H2,1H3,(H2,34,35). The average Bonchev–Trinajstić information content (AvgIpc) is 2.85. The summed E-state index contributed by atoms with van der Waals surface area (Å²) < 4.78 is 0. The van der Waals surface area contributed by atoms with Gasteiger partial charge in [-0.3, -0.25) is 4.79 Å². The first kappa shape index (κ1) is 34.5.